The molecule has 1 amide bonds. The van der Waals surface area contributed by atoms with E-state index in [1.54, 1.807) is 6.92 Å². The Kier molecular flexibility index (Phi) is 3.26. The van der Waals surface area contributed by atoms with Gasteiger partial charge in [-0.3, -0.25) is 4.79 Å². The van der Waals surface area contributed by atoms with Gasteiger partial charge >= 0.3 is 0 Å². The monoisotopic (exact) mass is 272 g/mol. The van der Waals surface area contributed by atoms with Gasteiger partial charge in [-0.25, -0.2) is 0 Å². The average molecular weight is 272 g/mol. The summed E-state index contributed by atoms with van der Waals surface area (Å²) in [6, 6.07) is 8.37. The fourth-order valence-electron chi connectivity index (χ4n) is 3.04. The second-order valence-electron chi connectivity index (χ2n) is 5.59. The van der Waals surface area contributed by atoms with Gasteiger partial charge in [-0.2, -0.15) is 0 Å². The van der Waals surface area contributed by atoms with Crippen molar-refractivity contribution in [3.8, 4) is 0 Å². The van der Waals surface area contributed by atoms with Gasteiger partial charge in [0.2, 0.25) is 5.91 Å². The molecule has 0 radical (unpaired) electrons. The van der Waals surface area contributed by atoms with E-state index in [1.165, 1.54) is 10.9 Å². The molecule has 4 nitrogen and oxygen atoms in total. The van der Waals surface area contributed by atoms with Crippen LogP contribution in [0.4, 0.5) is 0 Å². The van der Waals surface area contributed by atoms with Gasteiger partial charge in [0.25, 0.3) is 0 Å². The lowest BCUT2D eigenvalue weighted by Gasteiger charge is -2.34. The molecule has 0 saturated heterocycles. The summed E-state index contributed by atoms with van der Waals surface area (Å²) in [7, 11) is 0. The van der Waals surface area contributed by atoms with E-state index >= 15 is 0 Å². The number of para-hydroxylation sites is 1. The number of aromatic amines is 1. The van der Waals surface area contributed by atoms with Gasteiger partial charge in [-0.05, 0) is 31.4 Å². The number of rotatable bonds is 3. The summed E-state index contributed by atoms with van der Waals surface area (Å²) in [6.07, 6.45) is 1.71. The smallest absolute Gasteiger partial charge is 0.216 e. The maximum absolute atomic E-state index is 11.0. The van der Waals surface area contributed by atoms with Crippen molar-refractivity contribution in [3.05, 3.63) is 35.5 Å². The molecular formula is C16H20N2O2. The van der Waals surface area contributed by atoms with Crippen molar-refractivity contribution in [1.29, 1.82) is 0 Å². The van der Waals surface area contributed by atoms with E-state index in [9.17, 15) is 4.79 Å². The van der Waals surface area contributed by atoms with Crippen LogP contribution in [-0.2, 0) is 21.6 Å². The third-order valence-electron chi connectivity index (χ3n) is 4.09. The first-order chi connectivity index (χ1) is 9.60. The topological polar surface area (TPSA) is 54.1 Å². The van der Waals surface area contributed by atoms with Crippen molar-refractivity contribution < 1.29 is 9.53 Å². The number of amides is 1. The number of benzene rings is 1. The van der Waals surface area contributed by atoms with Crippen LogP contribution in [0.5, 0.6) is 0 Å². The number of hydrogen-bond acceptors (Lipinski definition) is 2. The zero-order chi connectivity index (χ0) is 14.2. The molecule has 0 saturated carbocycles. The molecule has 3 rings (SSSR count). The van der Waals surface area contributed by atoms with E-state index in [1.807, 2.05) is 6.07 Å². The Balaban J connectivity index is 1.94. The van der Waals surface area contributed by atoms with Crippen LogP contribution >= 0.6 is 0 Å². The number of aromatic nitrogens is 1. The third kappa shape index (κ3) is 2.20. The number of carbonyl (C=O) groups is 1. The predicted octanol–water partition coefficient (Wildman–Crippen LogP) is 2.48. The Hall–Kier alpha value is -1.81. The summed E-state index contributed by atoms with van der Waals surface area (Å²) < 4.78 is 6.02. The van der Waals surface area contributed by atoms with Crippen molar-refractivity contribution >= 4 is 16.8 Å². The number of ether oxygens (including phenoxy) is 1. The molecule has 20 heavy (non-hydrogen) atoms. The minimum Gasteiger partial charge on any atom is -0.369 e. The molecule has 0 aliphatic carbocycles. The van der Waals surface area contributed by atoms with E-state index < -0.39 is 0 Å². The molecule has 4 heteroatoms. The number of nitrogens with one attached hydrogen (secondary N) is 2. The molecule has 1 aromatic heterocycles. The fraction of sp³-hybridized carbons (Fsp3) is 0.438. The highest BCUT2D eigenvalue weighted by atomic mass is 16.5. The number of fused-ring (bicyclic) bond motifs is 3. The molecule has 2 N–H and O–H groups in total. The van der Waals surface area contributed by atoms with Gasteiger partial charge in [0.15, 0.2) is 0 Å². The van der Waals surface area contributed by atoms with Crippen LogP contribution in [0.2, 0.25) is 0 Å². The lowest BCUT2D eigenvalue weighted by atomic mass is 9.90. The van der Waals surface area contributed by atoms with Crippen LogP contribution in [0.25, 0.3) is 10.9 Å². The second-order valence-corrected chi connectivity index (χ2v) is 5.59. The Labute approximate surface area is 118 Å². The summed E-state index contributed by atoms with van der Waals surface area (Å²) in [5.41, 5.74) is 3.33. The van der Waals surface area contributed by atoms with Crippen molar-refractivity contribution in [1.82, 2.24) is 10.3 Å². The molecule has 0 fully saturated rings. The maximum atomic E-state index is 11.0. The largest absolute Gasteiger partial charge is 0.369 e. The Morgan fingerprint density at radius 3 is 3.05 bits per heavy atom. The first kappa shape index (κ1) is 13.2. The molecular weight excluding hydrogens is 252 g/mol. The first-order valence-corrected chi connectivity index (χ1v) is 7.08. The van der Waals surface area contributed by atoms with Crippen LogP contribution in [-0.4, -0.2) is 24.0 Å². The molecule has 1 aromatic carbocycles. The van der Waals surface area contributed by atoms with E-state index in [4.69, 9.17) is 4.74 Å². The van der Waals surface area contributed by atoms with Crippen LogP contribution in [0.15, 0.2) is 24.3 Å². The molecule has 2 heterocycles. The highest BCUT2D eigenvalue weighted by Crippen LogP contribution is 2.38. The summed E-state index contributed by atoms with van der Waals surface area (Å²) >= 11 is 0. The SMILES string of the molecule is CC(=O)NCCC1(C)OCCc2c1[nH]c1ccccc21. The van der Waals surface area contributed by atoms with Crippen LogP contribution in [0.3, 0.4) is 0 Å². The second kappa shape index (κ2) is 4.94. The van der Waals surface area contributed by atoms with E-state index in [0.29, 0.717) is 6.54 Å². The van der Waals surface area contributed by atoms with Crippen molar-refractivity contribution in [3.63, 3.8) is 0 Å². The molecule has 2 aromatic rings. The zero-order valence-corrected chi connectivity index (χ0v) is 12.0. The average Bonchev–Trinajstić information content (AvgIpc) is 2.79. The standard InChI is InChI=1S/C16H20N2O2/c1-11(19)17-9-8-16(2)15-13(7-10-20-16)12-5-3-4-6-14(12)18-15/h3-6,18H,7-10H2,1-2H3,(H,17,19). The molecule has 1 aliphatic rings. The van der Waals surface area contributed by atoms with Crippen LogP contribution in [0, 0.1) is 0 Å². The normalized spacial score (nSPS) is 21.7. The van der Waals surface area contributed by atoms with Crippen molar-refractivity contribution in [2.45, 2.75) is 32.3 Å². The highest BCUT2D eigenvalue weighted by Gasteiger charge is 2.35. The molecule has 0 spiro atoms. The highest BCUT2D eigenvalue weighted by molar-refractivity contribution is 5.85. The Bertz CT molecular complexity index is 647. The van der Waals surface area contributed by atoms with Gasteiger partial charge in [-0.1, -0.05) is 18.2 Å². The number of hydrogen-bond donors (Lipinski definition) is 2. The Morgan fingerprint density at radius 2 is 2.25 bits per heavy atom. The van der Waals surface area contributed by atoms with Gasteiger partial charge in [-0.15, -0.1) is 0 Å². The summed E-state index contributed by atoms with van der Waals surface area (Å²) in [6.45, 7) is 4.99. The van der Waals surface area contributed by atoms with Crippen LogP contribution in [0.1, 0.15) is 31.5 Å². The number of H-pyrrole nitrogens is 1. The summed E-state index contributed by atoms with van der Waals surface area (Å²) in [5.74, 6) is 0.00118. The molecule has 0 bridgehead atoms. The van der Waals surface area contributed by atoms with Crippen LogP contribution < -0.4 is 5.32 Å². The van der Waals surface area contributed by atoms with Gasteiger partial charge < -0.3 is 15.0 Å². The van der Waals surface area contributed by atoms with Crippen molar-refractivity contribution in [2.75, 3.05) is 13.2 Å². The van der Waals surface area contributed by atoms with E-state index in [0.717, 1.165) is 30.7 Å². The molecule has 1 unspecified atom stereocenters. The fourth-order valence-corrected chi connectivity index (χ4v) is 3.04. The number of carbonyl (C=O) groups excluding carboxylic acids is 1. The first-order valence-electron chi connectivity index (χ1n) is 7.08. The van der Waals surface area contributed by atoms with Gasteiger partial charge in [0, 0.05) is 24.4 Å². The van der Waals surface area contributed by atoms with E-state index in [2.05, 4.69) is 35.4 Å². The minimum atomic E-state index is -0.352. The van der Waals surface area contributed by atoms with Gasteiger partial charge in [0.05, 0.1) is 12.3 Å². The lowest BCUT2D eigenvalue weighted by molar-refractivity contribution is -0.119. The van der Waals surface area contributed by atoms with Crippen molar-refractivity contribution in [2.24, 2.45) is 0 Å². The van der Waals surface area contributed by atoms with Gasteiger partial charge in [0.1, 0.15) is 5.60 Å². The summed E-state index contributed by atoms with van der Waals surface area (Å²) in [5, 5.41) is 4.14. The third-order valence-corrected chi connectivity index (χ3v) is 4.09. The zero-order valence-electron chi connectivity index (χ0n) is 12.0. The molecule has 1 aliphatic heterocycles. The molecule has 106 valence electrons. The van der Waals surface area contributed by atoms with E-state index in [-0.39, 0.29) is 11.5 Å². The lowest BCUT2D eigenvalue weighted by Crippen LogP contribution is -2.36. The molecule has 1 atom stereocenters. The Morgan fingerprint density at radius 1 is 1.45 bits per heavy atom. The quantitative estimate of drug-likeness (QED) is 0.902. The predicted molar refractivity (Wildman–Crippen MR) is 78.6 cm³/mol. The summed E-state index contributed by atoms with van der Waals surface area (Å²) in [4.78, 5) is 14.5. The maximum Gasteiger partial charge on any atom is 0.216 e. The minimum absolute atomic E-state index is 0.00118.